The molecule has 1 aliphatic rings. The number of carbonyl (C=O) groups is 2. The van der Waals surface area contributed by atoms with Crippen LogP contribution in [0, 0.1) is 6.92 Å². The summed E-state index contributed by atoms with van der Waals surface area (Å²) in [5.74, 6) is -1.03. The molecule has 34 heavy (non-hydrogen) atoms. The number of benzene rings is 2. The van der Waals surface area contributed by atoms with Gasteiger partial charge in [-0.3, -0.25) is 18.9 Å². The number of aromatic nitrogens is 1. The molecule has 2 N–H and O–H groups in total. The van der Waals surface area contributed by atoms with Crippen LogP contribution in [0.4, 0.5) is 11.4 Å². The van der Waals surface area contributed by atoms with Crippen LogP contribution >= 0.6 is 11.6 Å². The first-order chi connectivity index (χ1) is 16.3. The standard InChI is InChI=1S/C24H23ClN4O4S/c1-16-5-4-6-18(25)23(16)34(32,33)29-20-8-3-2-7-19(20)28-24(31)21(29)15-22(30)27-14-11-17-9-12-26-13-10-17/h2-10,12-13,21H,11,14-15H2,1H3,(H,27,30)(H,28,31). The second-order valence-corrected chi connectivity index (χ2v) is 10.0. The average Bonchev–Trinajstić information content (AvgIpc) is 2.80. The van der Waals surface area contributed by atoms with Gasteiger partial charge < -0.3 is 10.6 Å². The molecule has 1 unspecified atom stereocenters. The van der Waals surface area contributed by atoms with Crippen LogP contribution in [-0.4, -0.2) is 37.8 Å². The summed E-state index contributed by atoms with van der Waals surface area (Å²) in [6, 6.07) is 13.7. The molecule has 0 bridgehead atoms. The second kappa shape index (κ2) is 9.82. The Hall–Kier alpha value is -3.43. The number of sulfonamides is 1. The normalized spacial score (nSPS) is 15.4. The third-order valence-corrected chi connectivity index (χ3v) is 7.98. The maximum atomic E-state index is 13.9. The van der Waals surface area contributed by atoms with E-state index in [0.717, 1.165) is 9.87 Å². The van der Waals surface area contributed by atoms with Crippen LogP contribution in [0.5, 0.6) is 0 Å². The molecule has 1 atom stereocenters. The summed E-state index contributed by atoms with van der Waals surface area (Å²) >= 11 is 6.29. The van der Waals surface area contributed by atoms with Gasteiger partial charge in [-0.15, -0.1) is 0 Å². The summed E-state index contributed by atoms with van der Waals surface area (Å²) in [5.41, 5.74) is 2.06. The number of hydrogen-bond donors (Lipinski definition) is 2. The van der Waals surface area contributed by atoms with Crippen molar-refractivity contribution in [2.45, 2.75) is 30.7 Å². The van der Waals surface area contributed by atoms with Crippen LogP contribution in [-0.2, 0) is 26.0 Å². The summed E-state index contributed by atoms with van der Waals surface area (Å²) in [7, 11) is -4.27. The predicted octanol–water partition coefficient (Wildman–Crippen LogP) is 3.31. The van der Waals surface area contributed by atoms with Crippen molar-refractivity contribution in [3.8, 4) is 0 Å². The Labute approximate surface area is 203 Å². The van der Waals surface area contributed by atoms with E-state index >= 15 is 0 Å². The molecule has 0 radical (unpaired) electrons. The van der Waals surface area contributed by atoms with Gasteiger partial charge in [0, 0.05) is 18.9 Å². The summed E-state index contributed by atoms with van der Waals surface area (Å²) in [6.45, 7) is 1.97. The molecule has 0 spiro atoms. The average molecular weight is 499 g/mol. The molecule has 2 heterocycles. The zero-order chi connectivity index (χ0) is 24.3. The minimum atomic E-state index is -4.27. The lowest BCUT2D eigenvalue weighted by molar-refractivity contribution is -0.125. The Kier molecular flexibility index (Phi) is 6.85. The van der Waals surface area contributed by atoms with Crippen molar-refractivity contribution >= 4 is 44.8 Å². The third-order valence-electron chi connectivity index (χ3n) is 5.53. The number of aryl methyl sites for hydroxylation is 1. The lowest BCUT2D eigenvalue weighted by atomic mass is 10.1. The Bertz CT molecular complexity index is 1310. The molecule has 4 rings (SSSR count). The molecule has 1 aliphatic heterocycles. The minimum absolute atomic E-state index is 0.0454. The molecule has 176 valence electrons. The largest absolute Gasteiger partial charge is 0.356 e. The minimum Gasteiger partial charge on any atom is -0.356 e. The molecule has 0 fully saturated rings. The van der Waals surface area contributed by atoms with Crippen molar-refractivity contribution in [1.29, 1.82) is 0 Å². The molecule has 0 saturated carbocycles. The van der Waals surface area contributed by atoms with Gasteiger partial charge in [-0.05, 0) is 54.8 Å². The quantitative estimate of drug-likeness (QED) is 0.519. The van der Waals surface area contributed by atoms with E-state index in [-0.39, 0.29) is 22.0 Å². The highest BCUT2D eigenvalue weighted by Crippen LogP contribution is 2.39. The highest BCUT2D eigenvalue weighted by molar-refractivity contribution is 7.93. The number of anilines is 2. The fourth-order valence-corrected chi connectivity index (χ4v) is 6.34. The first-order valence-corrected chi connectivity index (χ1v) is 12.5. The number of para-hydroxylation sites is 2. The number of rotatable bonds is 7. The summed E-state index contributed by atoms with van der Waals surface area (Å²) < 4.78 is 28.7. The molecule has 8 nitrogen and oxygen atoms in total. The SMILES string of the molecule is Cc1cccc(Cl)c1S(=O)(=O)N1c2ccccc2NC(=O)C1CC(=O)NCCc1ccncc1. The lowest BCUT2D eigenvalue weighted by Crippen LogP contribution is -2.53. The summed E-state index contributed by atoms with van der Waals surface area (Å²) in [5, 5.41) is 5.53. The molecule has 0 saturated heterocycles. The third kappa shape index (κ3) is 4.76. The van der Waals surface area contributed by atoms with Crippen molar-refractivity contribution in [2.24, 2.45) is 0 Å². The van der Waals surface area contributed by atoms with Gasteiger partial charge in [0.05, 0.1) is 22.8 Å². The molecular weight excluding hydrogens is 476 g/mol. The number of halogens is 1. The Morgan fingerprint density at radius 1 is 1.12 bits per heavy atom. The van der Waals surface area contributed by atoms with E-state index in [2.05, 4.69) is 15.6 Å². The van der Waals surface area contributed by atoms with E-state index in [1.165, 1.54) is 6.07 Å². The summed E-state index contributed by atoms with van der Waals surface area (Å²) in [4.78, 5) is 29.6. The number of carbonyl (C=O) groups excluding carboxylic acids is 2. The van der Waals surface area contributed by atoms with Crippen molar-refractivity contribution in [3.05, 3.63) is 83.1 Å². The van der Waals surface area contributed by atoms with E-state index < -0.39 is 27.9 Å². The first kappa shape index (κ1) is 23.7. The Morgan fingerprint density at radius 3 is 2.59 bits per heavy atom. The van der Waals surface area contributed by atoms with Crippen LogP contribution in [0.25, 0.3) is 0 Å². The van der Waals surface area contributed by atoms with Gasteiger partial charge in [0.2, 0.25) is 11.8 Å². The fourth-order valence-electron chi connectivity index (χ4n) is 3.92. The summed E-state index contributed by atoms with van der Waals surface area (Å²) in [6.07, 6.45) is 3.56. The van der Waals surface area contributed by atoms with E-state index in [1.807, 2.05) is 12.1 Å². The van der Waals surface area contributed by atoms with Gasteiger partial charge in [-0.2, -0.15) is 0 Å². The monoisotopic (exact) mass is 498 g/mol. The maximum absolute atomic E-state index is 13.9. The fraction of sp³-hybridized carbons (Fsp3) is 0.208. The molecular formula is C24H23ClN4O4S. The smallest absolute Gasteiger partial charge is 0.266 e. The second-order valence-electron chi connectivity index (χ2n) is 7.87. The molecule has 2 amide bonds. The van der Waals surface area contributed by atoms with Gasteiger partial charge in [0.1, 0.15) is 10.9 Å². The number of hydrogen-bond acceptors (Lipinski definition) is 5. The van der Waals surface area contributed by atoms with Crippen LogP contribution in [0.1, 0.15) is 17.5 Å². The van der Waals surface area contributed by atoms with Crippen LogP contribution in [0.3, 0.4) is 0 Å². The van der Waals surface area contributed by atoms with E-state index in [0.29, 0.717) is 24.2 Å². The van der Waals surface area contributed by atoms with Gasteiger partial charge >= 0.3 is 0 Å². The highest BCUT2D eigenvalue weighted by Gasteiger charge is 2.43. The maximum Gasteiger partial charge on any atom is 0.266 e. The van der Waals surface area contributed by atoms with Crippen LogP contribution in [0.15, 0.2) is 71.9 Å². The number of nitrogens with zero attached hydrogens (tertiary/aromatic N) is 2. The van der Waals surface area contributed by atoms with E-state index in [4.69, 9.17) is 11.6 Å². The topological polar surface area (TPSA) is 108 Å². The van der Waals surface area contributed by atoms with Gasteiger partial charge in [-0.25, -0.2) is 8.42 Å². The number of nitrogens with one attached hydrogen (secondary N) is 2. The van der Waals surface area contributed by atoms with Crippen molar-refractivity contribution in [2.75, 3.05) is 16.2 Å². The molecule has 0 aliphatic carbocycles. The zero-order valence-corrected chi connectivity index (χ0v) is 19.9. The Morgan fingerprint density at radius 2 is 1.85 bits per heavy atom. The molecule has 10 heteroatoms. The number of pyridine rings is 1. The highest BCUT2D eigenvalue weighted by atomic mass is 35.5. The number of fused-ring (bicyclic) bond motifs is 1. The van der Waals surface area contributed by atoms with Crippen molar-refractivity contribution in [3.63, 3.8) is 0 Å². The molecule has 3 aromatic rings. The Balaban J connectivity index is 1.64. The first-order valence-electron chi connectivity index (χ1n) is 10.6. The van der Waals surface area contributed by atoms with Gasteiger partial charge in [0.25, 0.3) is 10.0 Å². The number of amides is 2. The van der Waals surface area contributed by atoms with Gasteiger partial charge in [-0.1, -0.05) is 35.9 Å². The zero-order valence-electron chi connectivity index (χ0n) is 18.4. The van der Waals surface area contributed by atoms with Crippen LogP contribution < -0.4 is 14.9 Å². The van der Waals surface area contributed by atoms with Crippen LogP contribution in [0.2, 0.25) is 5.02 Å². The van der Waals surface area contributed by atoms with Crippen molar-refractivity contribution in [1.82, 2.24) is 10.3 Å². The molecule has 1 aromatic heterocycles. The van der Waals surface area contributed by atoms with Gasteiger partial charge in [0.15, 0.2) is 0 Å². The predicted molar refractivity (Wildman–Crippen MR) is 130 cm³/mol. The molecule has 2 aromatic carbocycles. The van der Waals surface area contributed by atoms with E-state index in [9.17, 15) is 18.0 Å². The van der Waals surface area contributed by atoms with Crippen molar-refractivity contribution < 1.29 is 18.0 Å². The lowest BCUT2D eigenvalue weighted by Gasteiger charge is -2.37. The van der Waals surface area contributed by atoms with E-state index in [1.54, 1.807) is 55.7 Å².